The van der Waals surface area contributed by atoms with E-state index in [1.165, 1.54) is 36.7 Å². The van der Waals surface area contributed by atoms with Gasteiger partial charge in [0.05, 0.1) is 0 Å². The van der Waals surface area contributed by atoms with E-state index in [-0.39, 0.29) is 17.1 Å². The number of pyridine rings is 2. The number of halogens is 4. The highest BCUT2D eigenvalue weighted by molar-refractivity contribution is 6.68. The minimum absolute atomic E-state index is 0.0574. The van der Waals surface area contributed by atoms with Gasteiger partial charge >= 0.3 is 6.36 Å². The number of hydrogen-bond acceptors (Lipinski definition) is 9. The zero-order valence-corrected chi connectivity index (χ0v) is 29.9. The van der Waals surface area contributed by atoms with Crippen molar-refractivity contribution in [3.63, 3.8) is 0 Å². The zero-order chi connectivity index (χ0) is 40.7. The second-order valence-electron chi connectivity index (χ2n) is 11.9. The van der Waals surface area contributed by atoms with Gasteiger partial charge in [0.2, 0.25) is 0 Å². The molecule has 0 aliphatic carbocycles. The Kier molecular flexibility index (Phi) is 11.6. The molecule has 0 aliphatic rings. The normalized spacial score (nSPS) is 10.9. The summed E-state index contributed by atoms with van der Waals surface area (Å²) in [6, 6.07) is 31.7. The molecule has 0 spiro atoms. The number of fused-ring (bicyclic) bond motifs is 2. The number of alkyl halides is 3. The molecule has 0 saturated carbocycles. The molecule has 5 aromatic carbocycles. The van der Waals surface area contributed by atoms with Gasteiger partial charge in [-0.1, -0.05) is 30.3 Å². The maximum absolute atomic E-state index is 12.8. The number of hydrogen-bond donors (Lipinski definition) is 3. The molecular formula is C41H27ClF3N5O7. The molecule has 0 bridgehead atoms. The number of anilines is 1. The Bertz CT molecular complexity index is 2680. The third kappa shape index (κ3) is 10.2. The summed E-state index contributed by atoms with van der Waals surface area (Å²) in [5.74, 6) is -0.462. The average Bonchev–Trinajstić information content (AvgIpc) is 3.17. The van der Waals surface area contributed by atoms with Crippen molar-refractivity contribution in [1.29, 1.82) is 0 Å². The van der Waals surface area contributed by atoms with E-state index in [1.54, 1.807) is 78.9 Å². The van der Waals surface area contributed by atoms with Gasteiger partial charge in [-0.05, 0) is 106 Å². The second kappa shape index (κ2) is 16.9. The summed E-state index contributed by atoms with van der Waals surface area (Å²) < 4.78 is 52.7. The van der Waals surface area contributed by atoms with Crippen LogP contribution in [0.2, 0.25) is 0 Å². The third-order valence-corrected chi connectivity index (χ3v) is 8.13. The van der Waals surface area contributed by atoms with Crippen molar-refractivity contribution in [1.82, 2.24) is 9.97 Å². The lowest BCUT2D eigenvalue weighted by Gasteiger charge is -2.12. The number of carbonyl (C=O) groups excluding carboxylic acids is 4. The first kappa shape index (κ1) is 39.2. The Morgan fingerprint density at radius 2 is 1.07 bits per heavy atom. The molecule has 3 amide bonds. The molecule has 0 atom stereocenters. The lowest BCUT2D eigenvalue weighted by Crippen LogP contribution is -2.17. The first-order chi connectivity index (χ1) is 27.2. The summed E-state index contributed by atoms with van der Waals surface area (Å²) in [7, 11) is 0. The summed E-state index contributed by atoms with van der Waals surface area (Å²) >= 11 is 5.58. The molecule has 5 N–H and O–H groups in total. The molecule has 7 aromatic rings. The number of nitrogens with one attached hydrogen (secondary N) is 1. The molecule has 7 rings (SSSR count). The van der Waals surface area contributed by atoms with E-state index in [2.05, 4.69) is 20.0 Å². The number of benzene rings is 5. The minimum atomic E-state index is -4.84. The average molecular weight is 794 g/mol. The maximum Gasteiger partial charge on any atom is 0.573 e. The van der Waals surface area contributed by atoms with E-state index in [4.69, 9.17) is 32.5 Å². The number of primary amides is 2. The number of rotatable bonds is 10. The number of aromatic nitrogens is 2. The molecule has 2 aromatic heterocycles. The van der Waals surface area contributed by atoms with Crippen LogP contribution in [-0.4, -0.2) is 39.3 Å². The monoisotopic (exact) mass is 793 g/mol. The molecular weight excluding hydrogens is 767 g/mol. The molecule has 16 heteroatoms. The van der Waals surface area contributed by atoms with E-state index in [1.807, 2.05) is 6.07 Å². The maximum atomic E-state index is 12.8. The van der Waals surface area contributed by atoms with Crippen molar-refractivity contribution in [2.75, 3.05) is 5.32 Å². The Hall–Kier alpha value is -7.52. The fraction of sp³-hybridized carbons (Fsp3) is 0.0244. The third-order valence-electron chi connectivity index (χ3n) is 7.92. The molecule has 286 valence electrons. The second-order valence-corrected chi connectivity index (χ2v) is 12.2. The van der Waals surface area contributed by atoms with Gasteiger partial charge in [-0.25, -0.2) is 0 Å². The van der Waals surface area contributed by atoms with Crippen LogP contribution in [-0.2, 0) is 0 Å². The van der Waals surface area contributed by atoms with Crippen molar-refractivity contribution in [2.24, 2.45) is 11.5 Å². The van der Waals surface area contributed by atoms with Crippen molar-refractivity contribution >= 4 is 61.8 Å². The summed E-state index contributed by atoms with van der Waals surface area (Å²) in [6.45, 7) is 0. The van der Waals surface area contributed by atoms with E-state index < -0.39 is 35.1 Å². The lowest BCUT2D eigenvalue weighted by atomic mass is 10.0. The van der Waals surface area contributed by atoms with Crippen LogP contribution in [0.3, 0.4) is 0 Å². The number of carbonyl (C=O) groups is 4. The van der Waals surface area contributed by atoms with Gasteiger partial charge in [0.1, 0.15) is 40.1 Å². The van der Waals surface area contributed by atoms with E-state index in [0.717, 1.165) is 22.9 Å². The smallest absolute Gasteiger partial charge is 0.457 e. The van der Waals surface area contributed by atoms with Gasteiger partial charge < -0.3 is 31.0 Å². The van der Waals surface area contributed by atoms with Crippen LogP contribution >= 0.6 is 11.6 Å². The number of nitrogens with two attached hydrogens (primary N) is 2. The molecule has 0 fully saturated rings. The SMILES string of the molecule is NC(=O)c1cc(Oc2ccc3c(C(=O)Cl)cccc3c2)ccn1.NC(=O)c1cc(Oc2ccc3c(C(=O)Nc4cccc(OC(F)(F)F)c4)cccc3c2)ccn1. The molecule has 0 unspecified atom stereocenters. The lowest BCUT2D eigenvalue weighted by molar-refractivity contribution is -0.274. The minimum Gasteiger partial charge on any atom is -0.457 e. The Morgan fingerprint density at radius 1 is 0.579 bits per heavy atom. The van der Waals surface area contributed by atoms with Gasteiger partial charge in [0, 0.05) is 47.4 Å². The van der Waals surface area contributed by atoms with E-state index in [0.29, 0.717) is 44.9 Å². The van der Waals surface area contributed by atoms with Crippen LogP contribution in [0.5, 0.6) is 28.7 Å². The molecule has 0 radical (unpaired) electrons. The van der Waals surface area contributed by atoms with Gasteiger partial charge in [-0.15, -0.1) is 13.2 Å². The quantitative estimate of drug-likeness (QED) is 0.114. The van der Waals surface area contributed by atoms with Crippen molar-refractivity contribution < 1.29 is 46.6 Å². The Morgan fingerprint density at radius 3 is 1.58 bits per heavy atom. The fourth-order valence-electron chi connectivity index (χ4n) is 5.48. The standard InChI is InChI=1S/C24H16F3N3O4.C17H11ClN2O3/c25-24(26,27)34-18-5-2-4-15(12-18)30-23(32)20-6-1-3-14-11-16(7-8-19(14)20)33-17-9-10-29-21(13-17)22(28)31;18-16(21)14-3-1-2-10-8-11(4-5-13(10)14)23-12-6-7-20-15(9-12)17(19)22/h1-13H,(H2,28,31)(H,30,32);1-9H,(H2,19,22). The number of ether oxygens (including phenoxy) is 3. The Labute approximate surface area is 325 Å². The Balaban J connectivity index is 0.000000208. The van der Waals surface area contributed by atoms with Gasteiger partial charge in [-0.3, -0.25) is 29.1 Å². The van der Waals surface area contributed by atoms with Gasteiger partial charge in [-0.2, -0.15) is 0 Å². The van der Waals surface area contributed by atoms with Crippen molar-refractivity contribution in [2.45, 2.75) is 6.36 Å². The van der Waals surface area contributed by atoms with Crippen LogP contribution < -0.4 is 31.0 Å². The van der Waals surface area contributed by atoms with Crippen molar-refractivity contribution in [3.05, 3.63) is 156 Å². The van der Waals surface area contributed by atoms with Gasteiger partial charge in [0.25, 0.3) is 23.0 Å². The molecule has 12 nitrogen and oxygen atoms in total. The molecule has 0 aliphatic heterocycles. The summed E-state index contributed by atoms with van der Waals surface area (Å²) in [5.41, 5.74) is 11.5. The van der Waals surface area contributed by atoms with Gasteiger partial charge in [0.15, 0.2) is 0 Å². The van der Waals surface area contributed by atoms with Crippen LogP contribution in [0.1, 0.15) is 41.7 Å². The molecule has 57 heavy (non-hydrogen) atoms. The van der Waals surface area contributed by atoms with E-state index in [9.17, 15) is 32.3 Å². The summed E-state index contributed by atoms with van der Waals surface area (Å²) in [4.78, 5) is 54.4. The first-order valence-corrected chi connectivity index (χ1v) is 16.9. The van der Waals surface area contributed by atoms with Crippen LogP contribution in [0.25, 0.3) is 21.5 Å². The highest BCUT2D eigenvalue weighted by Crippen LogP contribution is 2.31. The fourth-order valence-corrected chi connectivity index (χ4v) is 5.65. The van der Waals surface area contributed by atoms with Crippen LogP contribution in [0.4, 0.5) is 18.9 Å². The van der Waals surface area contributed by atoms with Crippen molar-refractivity contribution in [3.8, 4) is 28.7 Å². The first-order valence-electron chi connectivity index (χ1n) is 16.5. The zero-order valence-electron chi connectivity index (χ0n) is 29.1. The predicted octanol–water partition coefficient (Wildman–Crippen LogP) is 8.78. The topological polar surface area (TPSA) is 186 Å². The predicted molar refractivity (Wildman–Crippen MR) is 205 cm³/mol. The van der Waals surface area contributed by atoms with Crippen LogP contribution in [0.15, 0.2) is 134 Å². The largest absolute Gasteiger partial charge is 0.573 e. The van der Waals surface area contributed by atoms with Crippen LogP contribution in [0, 0.1) is 0 Å². The summed E-state index contributed by atoms with van der Waals surface area (Å²) in [5, 5.41) is 4.91. The highest BCUT2D eigenvalue weighted by atomic mass is 35.5. The number of nitrogens with zero attached hydrogens (tertiary/aromatic N) is 2. The highest BCUT2D eigenvalue weighted by Gasteiger charge is 2.31. The number of amides is 3. The summed E-state index contributed by atoms with van der Waals surface area (Å²) in [6.07, 6.45) is -2.00. The molecule has 0 saturated heterocycles. The molecule has 2 heterocycles. The van der Waals surface area contributed by atoms with E-state index >= 15 is 0 Å².